The molecule has 2 rings (SSSR count). The Hall–Kier alpha value is -1.60. The zero-order chi connectivity index (χ0) is 17.7. The van der Waals surface area contributed by atoms with E-state index in [1.54, 1.807) is 29.2 Å². The smallest absolute Gasteiger partial charge is 0.254 e. The molecular formula is C17H26N2O4S. The fraction of sp³-hybridized carbons (Fsp3) is 0.588. The van der Waals surface area contributed by atoms with Crippen molar-refractivity contribution in [1.82, 2.24) is 9.62 Å². The molecule has 134 valence electrons. The number of ether oxygens (including phenoxy) is 1. The summed E-state index contributed by atoms with van der Waals surface area (Å²) in [5.74, 6) is 0.668. The number of nitrogens with one attached hydrogen (secondary N) is 1. The third kappa shape index (κ3) is 5.49. The summed E-state index contributed by atoms with van der Waals surface area (Å²) < 4.78 is 30.7. The third-order valence-corrected chi connectivity index (χ3v) is 4.63. The highest BCUT2D eigenvalue weighted by atomic mass is 32.2. The van der Waals surface area contributed by atoms with Gasteiger partial charge in [-0.05, 0) is 57.4 Å². The van der Waals surface area contributed by atoms with Gasteiger partial charge < -0.3 is 9.64 Å². The first-order valence-electron chi connectivity index (χ1n) is 8.28. The molecule has 1 aromatic carbocycles. The minimum absolute atomic E-state index is 0.0638. The van der Waals surface area contributed by atoms with Crippen LogP contribution in [0, 0.1) is 0 Å². The minimum Gasteiger partial charge on any atom is -0.491 e. The number of hydrogen-bond donors (Lipinski definition) is 1. The number of hydrogen-bond acceptors (Lipinski definition) is 4. The highest BCUT2D eigenvalue weighted by molar-refractivity contribution is 7.88. The molecule has 1 amide bonds. The lowest BCUT2D eigenvalue weighted by Crippen LogP contribution is -2.49. The molecule has 0 radical (unpaired) electrons. The predicted molar refractivity (Wildman–Crippen MR) is 93.7 cm³/mol. The van der Waals surface area contributed by atoms with E-state index < -0.39 is 10.0 Å². The Morgan fingerprint density at radius 2 is 1.96 bits per heavy atom. The number of nitrogens with zero attached hydrogens (tertiary/aromatic N) is 1. The normalized spacial score (nSPS) is 18.7. The van der Waals surface area contributed by atoms with Crippen molar-refractivity contribution in [3.63, 3.8) is 0 Å². The van der Waals surface area contributed by atoms with E-state index in [1.807, 2.05) is 13.8 Å². The summed E-state index contributed by atoms with van der Waals surface area (Å²) in [6.45, 7) is 4.82. The van der Waals surface area contributed by atoms with Crippen LogP contribution in [0.25, 0.3) is 0 Å². The highest BCUT2D eigenvalue weighted by Gasteiger charge is 2.28. The van der Waals surface area contributed by atoms with Crippen molar-refractivity contribution in [2.24, 2.45) is 0 Å². The van der Waals surface area contributed by atoms with Gasteiger partial charge in [0.2, 0.25) is 10.0 Å². The van der Waals surface area contributed by atoms with Crippen LogP contribution in [0.1, 0.15) is 43.5 Å². The molecule has 1 aliphatic heterocycles. The van der Waals surface area contributed by atoms with E-state index in [0.29, 0.717) is 12.1 Å². The molecule has 0 aromatic heterocycles. The van der Waals surface area contributed by atoms with E-state index in [-0.39, 0.29) is 24.6 Å². The molecule has 1 unspecified atom stereocenters. The monoisotopic (exact) mass is 354 g/mol. The standard InChI is InChI=1S/C17H26N2O4S/c1-13(2)23-16-9-7-14(8-10-16)17(20)19-11-5-4-6-15(19)12-18-24(3,21)22/h7-10,13,15,18H,4-6,11-12H2,1-3H3. The molecule has 1 atom stereocenters. The average molecular weight is 354 g/mol. The molecule has 1 fully saturated rings. The van der Waals surface area contributed by atoms with Gasteiger partial charge >= 0.3 is 0 Å². The first-order valence-corrected chi connectivity index (χ1v) is 10.2. The fourth-order valence-electron chi connectivity index (χ4n) is 2.84. The molecule has 0 saturated carbocycles. The van der Waals surface area contributed by atoms with Crippen molar-refractivity contribution < 1.29 is 17.9 Å². The summed E-state index contributed by atoms with van der Waals surface area (Å²) in [5.41, 5.74) is 0.595. The molecule has 7 heteroatoms. The molecule has 1 aromatic rings. The van der Waals surface area contributed by atoms with Crippen molar-refractivity contribution in [3.05, 3.63) is 29.8 Å². The summed E-state index contributed by atoms with van der Waals surface area (Å²) in [7, 11) is -3.26. The van der Waals surface area contributed by atoms with E-state index in [2.05, 4.69) is 4.72 Å². The SMILES string of the molecule is CC(C)Oc1ccc(C(=O)N2CCCCC2CNS(C)(=O)=O)cc1. The zero-order valence-electron chi connectivity index (χ0n) is 14.5. The maximum atomic E-state index is 12.8. The van der Waals surface area contributed by atoms with Crippen LogP contribution in [0.4, 0.5) is 0 Å². The van der Waals surface area contributed by atoms with Gasteiger partial charge in [-0.25, -0.2) is 13.1 Å². The first-order chi connectivity index (χ1) is 11.3. The molecular weight excluding hydrogens is 328 g/mol. The van der Waals surface area contributed by atoms with Crippen LogP contribution >= 0.6 is 0 Å². The largest absolute Gasteiger partial charge is 0.491 e. The quantitative estimate of drug-likeness (QED) is 0.848. The molecule has 1 saturated heterocycles. The van der Waals surface area contributed by atoms with Gasteiger partial charge in [0.05, 0.1) is 12.4 Å². The molecule has 1 aliphatic rings. The van der Waals surface area contributed by atoms with Gasteiger partial charge in [-0.15, -0.1) is 0 Å². The van der Waals surface area contributed by atoms with Crippen LogP contribution in [0.5, 0.6) is 5.75 Å². The van der Waals surface area contributed by atoms with Crippen LogP contribution in [-0.4, -0.2) is 50.7 Å². The third-order valence-electron chi connectivity index (χ3n) is 3.94. The van der Waals surface area contributed by atoms with Crippen LogP contribution in [-0.2, 0) is 10.0 Å². The summed E-state index contributed by atoms with van der Waals surface area (Å²) in [6.07, 6.45) is 3.97. The van der Waals surface area contributed by atoms with Crippen molar-refractivity contribution >= 4 is 15.9 Å². The van der Waals surface area contributed by atoms with Gasteiger partial charge in [0.15, 0.2) is 0 Å². The van der Waals surface area contributed by atoms with Gasteiger partial charge in [-0.2, -0.15) is 0 Å². The minimum atomic E-state index is -3.26. The van der Waals surface area contributed by atoms with Crippen molar-refractivity contribution in [1.29, 1.82) is 0 Å². The van der Waals surface area contributed by atoms with Crippen LogP contribution in [0.3, 0.4) is 0 Å². The Balaban J connectivity index is 2.07. The number of rotatable bonds is 6. The number of likely N-dealkylation sites (tertiary alicyclic amines) is 1. The molecule has 0 spiro atoms. The summed E-state index contributed by atoms with van der Waals surface area (Å²) in [6, 6.07) is 7.00. The number of piperidine rings is 1. The van der Waals surface area contributed by atoms with Gasteiger partial charge in [-0.1, -0.05) is 0 Å². The number of carbonyl (C=O) groups excluding carboxylic acids is 1. The molecule has 1 heterocycles. The number of amides is 1. The Morgan fingerprint density at radius 3 is 2.54 bits per heavy atom. The van der Waals surface area contributed by atoms with E-state index in [0.717, 1.165) is 31.3 Å². The first kappa shape index (κ1) is 18.7. The van der Waals surface area contributed by atoms with E-state index >= 15 is 0 Å². The predicted octanol–water partition coefficient (Wildman–Crippen LogP) is 2.02. The topological polar surface area (TPSA) is 75.7 Å². The van der Waals surface area contributed by atoms with Gasteiger partial charge in [0, 0.05) is 24.7 Å². The number of sulfonamides is 1. The van der Waals surface area contributed by atoms with E-state index in [9.17, 15) is 13.2 Å². The average Bonchev–Trinajstić information content (AvgIpc) is 2.52. The van der Waals surface area contributed by atoms with Crippen LogP contribution in [0.15, 0.2) is 24.3 Å². The molecule has 0 bridgehead atoms. The van der Waals surface area contributed by atoms with E-state index in [4.69, 9.17) is 4.74 Å². The Morgan fingerprint density at radius 1 is 1.29 bits per heavy atom. The van der Waals surface area contributed by atoms with Gasteiger partial charge in [-0.3, -0.25) is 4.79 Å². The fourth-order valence-corrected chi connectivity index (χ4v) is 3.34. The Kier molecular flexibility index (Phi) is 6.23. The van der Waals surface area contributed by atoms with Gasteiger partial charge in [0.25, 0.3) is 5.91 Å². The van der Waals surface area contributed by atoms with Gasteiger partial charge in [0.1, 0.15) is 5.75 Å². The van der Waals surface area contributed by atoms with E-state index in [1.165, 1.54) is 0 Å². The summed E-state index contributed by atoms with van der Waals surface area (Å²) >= 11 is 0. The maximum Gasteiger partial charge on any atom is 0.254 e. The second-order valence-corrected chi connectivity index (χ2v) is 8.29. The van der Waals surface area contributed by atoms with Crippen LogP contribution in [0.2, 0.25) is 0 Å². The summed E-state index contributed by atoms with van der Waals surface area (Å²) in [5, 5.41) is 0. The summed E-state index contributed by atoms with van der Waals surface area (Å²) in [4.78, 5) is 14.6. The molecule has 1 N–H and O–H groups in total. The number of benzene rings is 1. The lowest BCUT2D eigenvalue weighted by Gasteiger charge is -2.35. The lowest BCUT2D eigenvalue weighted by atomic mass is 10.0. The zero-order valence-corrected chi connectivity index (χ0v) is 15.3. The number of carbonyl (C=O) groups is 1. The van der Waals surface area contributed by atoms with Crippen molar-refractivity contribution in [2.75, 3.05) is 19.3 Å². The molecule has 24 heavy (non-hydrogen) atoms. The maximum absolute atomic E-state index is 12.8. The Labute approximate surface area is 144 Å². The second kappa shape index (κ2) is 7.98. The van der Waals surface area contributed by atoms with Crippen molar-refractivity contribution in [2.45, 2.75) is 45.3 Å². The van der Waals surface area contributed by atoms with Crippen LogP contribution < -0.4 is 9.46 Å². The Bertz CT molecular complexity index is 656. The second-order valence-electron chi connectivity index (χ2n) is 6.46. The van der Waals surface area contributed by atoms with Crippen molar-refractivity contribution in [3.8, 4) is 5.75 Å². The lowest BCUT2D eigenvalue weighted by molar-refractivity contribution is 0.0618. The molecule has 6 nitrogen and oxygen atoms in total. The molecule has 0 aliphatic carbocycles. The highest BCUT2D eigenvalue weighted by Crippen LogP contribution is 2.21.